The lowest BCUT2D eigenvalue weighted by Gasteiger charge is -2.14. The van der Waals surface area contributed by atoms with E-state index in [2.05, 4.69) is 22.6 Å². The van der Waals surface area contributed by atoms with Crippen molar-refractivity contribution in [2.45, 2.75) is 6.61 Å². The largest absolute Gasteiger partial charge is 0.493 e. The highest BCUT2D eigenvalue weighted by Crippen LogP contribution is 2.37. The first-order valence-corrected chi connectivity index (χ1v) is 11.7. The van der Waals surface area contributed by atoms with Gasteiger partial charge in [0.05, 0.1) is 17.7 Å². The SMILES string of the molecule is COc1cc(/C=C2/SC(=S)N(c3ccccc3)C2=O)ccc1OCc1ccc(I)cc1. The number of halogens is 1. The molecule has 3 aromatic rings. The first-order valence-electron chi connectivity index (χ1n) is 9.43. The van der Waals surface area contributed by atoms with Crippen molar-refractivity contribution in [3.8, 4) is 11.5 Å². The summed E-state index contributed by atoms with van der Waals surface area (Å²) in [5.41, 5.74) is 2.69. The van der Waals surface area contributed by atoms with Crippen LogP contribution >= 0.6 is 46.6 Å². The molecule has 1 aliphatic heterocycles. The number of para-hydroxylation sites is 1. The minimum atomic E-state index is -0.126. The highest BCUT2D eigenvalue weighted by molar-refractivity contribution is 14.1. The van der Waals surface area contributed by atoms with E-state index in [0.717, 1.165) is 16.8 Å². The maximum atomic E-state index is 12.9. The van der Waals surface area contributed by atoms with Crippen molar-refractivity contribution < 1.29 is 14.3 Å². The summed E-state index contributed by atoms with van der Waals surface area (Å²) < 4.78 is 13.2. The summed E-state index contributed by atoms with van der Waals surface area (Å²) in [4.78, 5) is 15.0. The fraction of sp³-hybridized carbons (Fsp3) is 0.0833. The van der Waals surface area contributed by atoms with Crippen molar-refractivity contribution in [2.24, 2.45) is 0 Å². The second-order valence-electron chi connectivity index (χ2n) is 6.68. The molecule has 0 N–H and O–H groups in total. The van der Waals surface area contributed by atoms with E-state index in [-0.39, 0.29) is 5.91 Å². The van der Waals surface area contributed by atoms with Crippen molar-refractivity contribution in [3.63, 3.8) is 0 Å². The summed E-state index contributed by atoms with van der Waals surface area (Å²) in [6.07, 6.45) is 1.83. The van der Waals surface area contributed by atoms with Gasteiger partial charge in [0.2, 0.25) is 0 Å². The molecule has 1 saturated heterocycles. The molecule has 0 saturated carbocycles. The van der Waals surface area contributed by atoms with Gasteiger partial charge in [-0.3, -0.25) is 9.69 Å². The van der Waals surface area contributed by atoms with E-state index in [0.29, 0.717) is 27.3 Å². The Hall–Kier alpha value is -2.36. The maximum Gasteiger partial charge on any atom is 0.270 e. The average molecular weight is 559 g/mol. The molecule has 1 aliphatic rings. The van der Waals surface area contributed by atoms with E-state index in [1.165, 1.54) is 15.3 Å². The summed E-state index contributed by atoms with van der Waals surface area (Å²) in [5, 5.41) is 0. The van der Waals surface area contributed by atoms with Crippen molar-refractivity contribution in [1.82, 2.24) is 0 Å². The molecular weight excluding hydrogens is 541 g/mol. The second kappa shape index (κ2) is 9.84. The van der Waals surface area contributed by atoms with Gasteiger partial charge in [0, 0.05) is 3.57 Å². The molecule has 7 heteroatoms. The number of amides is 1. The van der Waals surface area contributed by atoms with Crippen LogP contribution in [-0.4, -0.2) is 17.3 Å². The zero-order valence-electron chi connectivity index (χ0n) is 16.6. The van der Waals surface area contributed by atoms with Crippen LogP contribution in [0.2, 0.25) is 0 Å². The van der Waals surface area contributed by atoms with Gasteiger partial charge in [-0.2, -0.15) is 0 Å². The van der Waals surface area contributed by atoms with Crippen LogP contribution in [0.5, 0.6) is 11.5 Å². The van der Waals surface area contributed by atoms with E-state index in [9.17, 15) is 4.79 Å². The first kappa shape index (κ1) is 21.9. The van der Waals surface area contributed by atoms with Gasteiger partial charge in [0.25, 0.3) is 5.91 Å². The summed E-state index contributed by atoms with van der Waals surface area (Å²) in [6, 6.07) is 23.2. The number of benzene rings is 3. The number of ether oxygens (including phenoxy) is 2. The average Bonchev–Trinajstić information content (AvgIpc) is 3.07. The number of hydrogen-bond acceptors (Lipinski definition) is 5. The topological polar surface area (TPSA) is 38.8 Å². The third kappa shape index (κ3) is 5.11. The van der Waals surface area contributed by atoms with Crippen molar-refractivity contribution in [3.05, 3.63) is 92.4 Å². The number of carbonyl (C=O) groups excluding carboxylic acids is 1. The van der Waals surface area contributed by atoms with Gasteiger partial charge in [-0.1, -0.05) is 60.4 Å². The lowest BCUT2D eigenvalue weighted by Crippen LogP contribution is -2.27. The number of thioether (sulfide) groups is 1. The number of thiocarbonyl (C=S) groups is 1. The molecule has 0 bridgehead atoms. The minimum absolute atomic E-state index is 0.126. The number of anilines is 1. The van der Waals surface area contributed by atoms with Crippen LogP contribution in [0.1, 0.15) is 11.1 Å². The van der Waals surface area contributed by atoms with Gasteiger partial charge in [0.1, 0.15) is 6.61 Å². The van der Waals surface area contributed by atoms with Crippen LogP contribution < -0.4 is 14.4 Å². The molecule has 1 heterocycles. The molecule has 1 amide bonds. The second-order valence-corrected chi connectivity index (χ2v) is 9.60. The Bertz CT molecular complexity index is 1150. The monoisotopic (exact) mass is 559 g/mol. The molecule has 0 aliphatic carbocycles. The Labute approximate surface area is 204 Å². The van der Waals surface area contributed by atoms with Crippen molar-refractivity contribution in [2.75, 3.05) is 12.0 Å². The van der Waals surface area contributed by atoms with E-state index < -0.39 is 0 Å². The Balaban J connectivity index is 1.52. The standard InChI is InChI=1S/C24H18INO3S2/c1-28-21-13-17(9-12-20(21)29-15-16-7-10-18(25)11-8-16)14-22-23(27)26(24(30)31-22)19-5-3-2-4-6-19/h2-14H,15H2,1H3/b22-14+. The summed E-state index contributed by atoms with van der Waals surface area (Å²) in [5.74, 6) is 1.13. The Morgan fingerprint density at radius 2 is 1.77 bits per heavy atom. The van der Waals surface area contributed by atoms with Crippen LogP contribution in [0, 0.1) is 3.57 Å². The third-order valence-corrected chi connectivity index (χ3v) is 6.62. The zero-order valence-corrected chi connectivity index (χ0v) is 20.4. The maximum absolute atomic E-state index is 12.9. The van der Waals surface area contributed by atoms with Crippen molar-refractivity contribution >= 4 is 68.6 Å². The van der Waals surface area contributed by atoms with Gasteiger partial charge in [-0.15, -0.1) is 0 Å². The molecule has 1 fully saturated rings. The highest BCUT2D eigenvalue weighted by Gasteiger charge is 2.33. The number of carbonyl (C=O) groups is 1. The van der Waals surface area contributed by atoms with Crippen molar-refractivity contribution in [1.29, 1.82) is 0 Å². The molecule has 4 nitrogen and oxygen atoms in total. The summed E-state index contributed by atoms with van der Waals surface area (Å²) in [6.45, 7) is 0.447. The fourth-order valence-electron chi connectivity index (χ4n) is 3.05. The molecule has 0 unspecified atom stereocenters. The van der Waals surface area contributed by atoms with Gasteiger partial charge in [-0.25, -0.2) is 0 Å². The number of nitrogens with zero attached hydrogens (tertiary/aromatic N) is 1. The van der Waals surface area contributed by atoms with E-state index >= 15 is 0 Å². The van der Waals surface area contributed by atoms with Crippen LogP contribution in [0.4, 0.5) is 5.69 Å². The number of methoxy groups -OCH3 is 1. The Kier molecular flexibility index (Phi) is 6.94. The third-order valence-electron chi connectivity index (χ3n) is 4.60. The Morgan fingerprint density at radius 1 is 1.03 bits per heavy atom. The fourth-order valence-corrected chi connectivity index (χ4v) is 4.71. The molecule has 0 radical (unpaired) electrons. The highest BCUT2D eigenvalue weighted by atomic mass is 127. The normalized spacial score (nSPS) is 14.9. The molecule has 0 atom stereocenters. The lowest BCUT2D eigenvalue weighted by molar-refractivity contribution is -0.113. The molecule has 3 aromatic carbocycles. The summed E-state index contributed by atoms with van der Waals surface area (Å²) in [7, 11) is 1.60. The predicted octanol–water partition coefficient (Wildman–Crippen LogP) is 6.28. The van der Waals surface area contributed by atoms with E-state index in [4.69, 9.17) is 21.7 Å². The molecular formula is C24H18INO3S2. The molecule has 0 spiro atoms. The molecule has 31 heavy (non-hydrogen) atoms. The molecule has 4 rings (SSSR count). The number of rotatable bonds is 6. The van der Waals surface area contributed by atoms with Crippen LogP contribution in [0.3, 0.4) is 0 Å². The van der Waals surface area contributed by atoms with Crippen LogP contribution in [-0.2, 0) is 11.4 Å². The smallest absolute Gasteiger partial charge is 0.270 e. The zero-order chi connectivity index (χ0) is 21.8. The Morgan fingerprint density at radius 3 is 2.48 bits per heavy atom. The van der Waals surface area contributed by atoms with Gasteiger partial charge >= 0.3 is 0 Å². The van der Waals surface area contributed by atoms with E-state index in [1.807, 2.05) is 78.9 Å². The van der Waals surface area contributed by atoms with E-state index in [1.54, 1.807) is 12.0 Å². The minimum Gasteiger partial charge on any atom is -0.493 e. The first-order chi connectivity index (χ1) is 15.0. The van der Waals surface area contributed by atoms with Crippen LogP contribution in [0.25, 0.3) is 6.08 Å². The van der Waals surface area contributed by atoms with Gasteiger partial charge in [0.15, 0.2) is 15.8 Å². The molecule has 156 valence electrons. The quantitative estimate of drug-likeness (QED) is 0.202. The van der Waals surface area contributed by atoms with Crippen LogP contribution in [0.15, 0.2) is 77.7 Å². The lowest BCUT2D eigenvalue weighted by atomic mass is 10.1. The predicted molar refractivity (Wildman–Crippen MR) is 139 cm³/mol. The number of hydrogen-bond donors (Lipinski definition) is 0. The van der Waals surface area contributed by atoms with Gasteiger partial charge in [-0.05, 0) is 76.2 Å². The van der Waals surface area contributed by atoms with Gasteiger partial charge < -0.3 is 9.47 Å². The summed E-state index contributed by atoms with van der Waals surface area (Å²) >= 11 is 9.00. The molecule has 0 aromatic heterocycles.